The topological polar surface area (TPSA) is 106 Å². The number of nitrogens with one attached hydrogen (secondary N) is 2. The number of ketones is 1. The number of Topliss-reactive ketones (excluding diaryl/α,β-unsaturated/α-hetero) is 1. The van der Waals surface area contributed by atoms with Crippen LogP contribution in [0.1, 0.15) is 16.1 Å². The van der Waals surface area contributed by atoms with E-state index in [0.717, 1.165) is 5.76 Å². The minimum absolute atomic E-state index is 0.0104. The van der Waals surface area contributed by atoms with Crippen LogP contribution in [0.2, 0.25) is 0 Å². The van der Waals surface area contributed by atoms with Crippen molar-refractivity contribution in [1.29, 1.82) is 0 Å². The number of hydrogen-bond donors (Lipinski definition) is 2. The Bertz CT molecular complexity index is 971. The molecule has 0 unspecified atom stereocenters. The highest BCUT2D eigenvalue weighted by Crippen LogP contribution is 2.30. The molecule has 0 spiro atoms. The molecule has 138 valence electrons. The van der Waals surface area contributed by atoms with Crippen molar-refractivity contribution >= 4 is 45.6 Å². The first-order valence-corrected chi connectivity index (χ1v) is 9.80. The lowest BCUT2D eigenvalue weighted by atomic mass is 10.1. The Balaban J connectivity index is 1.33. The first kappa shape index (κ1) is 17.6. The van der Waals surface area contributed by atoms with Crippen molar-refractivity contribution in [1.82, 2.24) is 10.2 Å². The normalized spacial score (nSPS) is 12.8. The molecule has 1 aliphatic rings. The summed E-state index contributed by atoms with van der Waals surface area (Å²) in [6.07, 6.45) is 1.61. The van der Waals surface area contributed by atoms with E-state index in [1.807, 2.05) is 12.1 Å². The summed E-state index contributed by atoms with van der Waals surface area (Å²) >= 11 is 2.69. The van der Waals surface area contributed by atoms with Crippen molar-refractivity contribution in [2.45, 2.75) is 10.9 Å². The van der Waals surface area contributed by atoms with Gasteiger partial charge in [-0.1, -0.05) is 23.1 Å². The number of thioether (sulfide) groups is 1. The van der Waals surface area contributed by atoms with Crippen LogP contribution in [-0.2, 0) is 11.3 Å². The fourth-order valence-corrected chi connectivity index (χ4v) is 4.02. The molecule has 4 rings (SSSR count). The highest BCUT2D eigenvalue weighted by molar-refractivity contribution is 8.01. The number of hydrogen-bond acceptors (Lipinski definition) is 9. The largest absolute Gasteiger partial charge is 0.482 e. The molecule has 8 nitrogen and oxygen atoms in total. The molecule has 3 aromatic rings. The van der Waals surface area contributed by atoms with Gasteiger partial charge in [0.2, 0.25) is 5.13 Å². The molecule has 0 aliphatic carbocycles. The SMILES string of the molecule is O=C1COc2ccc(C(=O)CSc3nnc(NCc4ccco4)s3)cc2N1. The Hall–Kier alpha value is -2.85. The smallest absolute Gasteiger partial charge is 0.262 e. The lowest BCUT2D eigenvalue weighted by molar-refractivity contribution is -0.118. The maximum Gasteiger partial charge on any atom is 0.262 e. The van der Waals surface area contributed by atoms with E-state index in [-0.39, 0.29) is 24.1 Å². The number of anilines is 2. The Labute approximate surface area is 162 Å². The van der Waals surface area contributed by atoms with Gasteiger partial charge >= 0.3 is 0 Å². The molecule has 2 aromatic heterocycles. The molecule has 0 fully saturated rings. The van der Waals surface area contributed by atoms with Gasteiger partial charge in [-0.25, -0.2) is 0 Å². The van der Waals surface area contributed by atoms with Gasteiger partial charge in [0.25, 0.3) is 5.91 Å². The molecular formula is C17H14N4O4S2. The summed E-state index contributed by atoms with van der Waals surface area (Å²) in [5, 5.41) is 14.6. The number of furan rings is 1. The van der Waals surface area contributed by atoms with E-state index in [9.17, 15) is 9.59 Å². The van der Waals surface area contributed by atoms with Gasteiger partial charge in [-0.2, -0.15) is 0 Å². The van der Waals surface area contributed by atoms with Gasteiger partial charge < -0.3 is 19.8 Å². The molecule has 0 saturated heterocycles. The third-order valence-corrected chi connectivity index (χ3v) is 5.68. The second-order valence-electron chi connectivity index (χ2n) is 5.57. The second-order valence-corrected chi connectivity index (χ2v) is 7.77. The predicted octanol–water partition coefficient (Wildman–Crippen LogP) is 3.05. The third-order valence-electron chi connectivity index (χ3n) is 3.66. The van der Waals surface area contributed by atoms with Crippen LogP contribution < -0.4 is 15.4 Å². The molecule has 27 heavy (non-hydrogen) atoms. The van der Waals surface area contributed by atoms with Gasteiger partial charge in [0.05, 0.1) is 24.2 Å². The molecule has 0 radical (unpaired) electrons. The average molecular weight is 402 g/mol. The lowest BCUT2D eigenvalue weighted by Crippen LogP contribution is -2.25. The number of carbonyl (C=O) groups excluding carboxylic acids is 2. The second kappa shape index (κ2) is 7.80. The van der Waals surface area contributed by atoms with Crippen LogP contribution in [0.3, 0.4) is 0 Å². The summed E-state index contributed by atoms with van der Waals surface area (Å²) < 4.78 is 11.2. The summed E-state index contributed by atoms with van der Waals surface area (Å²) in [4.78, 5) is 23.8. The van der Waals surface area contributed by atoms with Gasteiger partial charge in [-0.15, -0.1) is 10.2 Å². The van der Waals surface area contributed by atoms with Crippen LogP contribution in [0.25, 0.3) is 0 Å². The molecule has 1 aromatic carbocycles. The third kappa shape index (κ3) is 4.29. The number of aromatic nitrogens is 2. The molecule has 2 N–H and O–H groups in total. The van der Waals surface area contributed by atoms with Crippen molar-refractivity contribution in [3.8, 4) is 5.75 Å². The van der Waals surface area contributed by atoms with Crippen molar-refractivity contribution in [2.24, 2.45) is 0 Å². The first-order chi connectivity index (χ1) is 13.2. The predicted molar refractivity (Wildman–Crippen MR) is 102 cm³/mol. The van der Waals surface area contributed by atoms with E-state index in [0.29, 0.717) is 33.0 Å². The van der Waals surface area contributed by atoms with Gasteiger partial charge in [0.1, 0.15) is 11.5 Å². The number of ether oxygens (including phenoxy) is 1. The molecule has 3 heterocycles. The molecule has 1 aliphatic heterocycles. The zero-order valence-corrected chi connectivity index (χ0v) is 15.6. The Morgan fingerprint density at radius 3 is 3.11 bits per heavy atom. The summed E-state index contributed by atoms with van der Waals surface area (Å²) in [5.74, 6) is 1.29. The Morgan fingerprint density at radius 1 is 1.33 bits per heavy atom. The van der Waals surface area contributed by atoms with Gasteiger partial charge in [-0.05, 0) is 30.3 Å². The number of amides is 1. The standard InChI is InChI=1S/C17H14N4O4S2/c22-13(10-3-4-14-12(6-10)19-15(23)8-25-14)9-26-17-21-20-16(27-17)18-7-11-2-1-5-24-11/h1-6H,7-9H2,(H,18,20)(H,19,23). The zero-order chi connectivity index (χ0) is 18.6. The fraction of sp³-hybridized carbons (Fsp3) is 0.176. The molecular weight excluding hydrogens is 388 g/mol. The molecule has 10 heteroatoms. The quantitative estimate of drug-likeness (QED) is 0.459. The first-order valence-electron chi connectivity index (χ1n) is 8.00. The van der Waals surface area contributed by atoms with E-state index in [2.05, 4.69) is 20.8 Å². The minimum atomic E-state index is -0.232. The van der Waals surface area contributed by atoms with Crippen LogP contribution in [0.5, 0.6) is 5.75 Å². The van der Waals surface area contributed by atoms with Crippen LogP contribution in [0.4, 0.5) is 10.8 Å². The molecule has 1 amide bonds. The number of benzene rings is 1. The van der Waals surface area contributed by atoms with E-state index in [1.54, 1.807) is 24.5 Å². The van der Waals surface area contributed by atoms with Crippen molar-refractivity contribution in [3.05, 3.63) is 47.9 Å². The number of fused-ring (bicyclic) bond motifs is 1. The lowest BCUT2D eigenvalue weighted by Gasteiger charge is -2.18. The summed E-state index contributed by atoms with van der Waals surface area (Å²) in [5.41, 5.74) is 1.02. The van der Waals surface area contributed by atoms with Crippen molar-refractivity contribution < 1.29 is 18.7 Å². The van der Waals surface area contributed by atoms with Crippen molar-refractivity contribution in [2.75, 3.05) is 23.0 Å². The van der Waals surface area contributed by atoms with Gasteiger partial charge in [-0.3, -0.25) is 9.59 Å². The summed E-state index contributed by atoms with van der Waals surface area (Å²) in [7, 11) is 0. The maximum absolute atomic E-state index is 12.4. The number of rotatable bonds is 7. The van der Waals surface area contributed by atoms with Gasteiger partial charge in [0.15, 0.2) is 16.7 Å². The summed E-state index contributed by atoms with van der Waals surface area (Å²) in [6.45, 7) is 0.512. The fourth-order valence-electron chi connectivity index (χ4n) is 2.38. The van der Waals surface area contributed by atoms with E-state index in [4.69, 9.17) is 9.15 Å². The molecule has 0 bridgehead atoms. The summed E-state index contributed by atoms with van der Waals surface area (Å²) in [6, 6.07) is 8.70. The van der Waals surface area contributed by atoms with E-state index < -0.39 is 0 Å². The van der Waals surface area contributed by atoms with Crippen molar-refractivity contribution in [3.63, 3.8) is 0 Å². The Morgan fingerprint density at radius 2 is 2.26 bits per heavy atom. The van der Waals surface area contributed by atoms with Crippen LogP contribution >= 0.6 is 23.1 Å². The van der Waals surface area contributed by atoms with Crippen LogP contribution in [0.15, 0.2) is 45.4 Å². The van der Waals surface area contributed by atoms with Crippen LogP contribution in [-0.4, -0.2) is 34.2 Å². The average Bonchev–Trinajstić information content (AvgIpc) is 3.35. The zero-order valence-electron chi connectivity index (χ0n) is 13.9. The van der Waals surface area contributed by atoms with Crippen LogP contribution in [0, 0.1) is 0 Å². The number of carbonyl (C=O) groups is 2. The van der Waals surface area contributed by atoms with Gasteiger partial charge in [0, 0.05) is 5.56 Å². The highest BCUT2D eigenvalue weighted by Gasteiger charge is 2.18. The monoisotopic (exact) mass is 402 g/mol. The maximum atomic E-state index is 12.4. The van der Waals surface area contributed by atoms with E-state index >= 15 is 0 Å². The number of nitrogens with zero attached hydrogens (tertiary/aromatic N) is 2. The Kier molecular flexibility index (Phi) is 5.07. The molecule has 0 atom stereocenters. The minimum Gasteiger partial charge on any atom is -0.482 e. The highest BCUT2D eigenvalue weighted by atomic mass is 32.2. The molecule has 0 saturated carbocycles. The van der Waals surface area contributed by atoms with E-state index in [1.165, 1.54) is 23.1 Å².